The molecule has 0 aromatic heterocycles. The van der Waals surface area contributed by atoms with Crippen molar-refractivity contribution in [3.8, 4) is 0 Å². The lowest BCUT2D eigenvalue weighted by Crippen LogP contribution is -1.78. The van der Waals surface area contributed by atoms with Crippen molar-refractivity contribution in [2.45, 2.75) is 54.4 Å². The molecule has 0 N–H and O–H groups in total. The van der Waals surface area contributed by atoms with Gasteiger partial charge in [0.25, 0.3) is 0 Å². The molecule has 0 saturated carbocycles. The van der Waals surface area contributed by atoms with Gasteiger partial charge in [-0.05, 0) is 58.8 Å². The van der Waals surface area contributed by atoms with Crippen LogP contribution in [-0.2, 0) is 20.6 Å². The highest BCUT2D eigenvalue weighted by atomic mass is 16.5. The van der Waals surface area contributed by atoms with Crippen molar-refractivity contribution in [2.24, 2.45) is 0 Å². The van der Waals surface area contributed by atoms with E-state index >= 15 is 0 Å². The van der Waals surface area contributed by atoms with Crippen LogP contribution in [0.4, 0.5) is 0 Å². The normalized spacial score (nSPS) is 8.58. The molecule has 1 aromatic carbocycles. The SMILES string of the molecule is C/C=C\OC.C=C(/C=C\C)OC.C=C(/C=C\C)OC.C=CC.C=CC(=C)C.CCCc1ccccc1. The summed E-state index contributed by atoms with van der Waals surface area (Å²) in [4.78, 5) is 0. The van der Waals surface area contributed by atoms with Crippen LogP contribution < -0.4 is 0 Å². The first-order valence-corrected chi connectivity index (χ1v) is 11.9. The van der Waals surface area contributed by atoms with Gasteiger partial charge >= 0.3 is 0 Å². The average molecular weight is 499 g/mol. The number of hydrogen-bond acceptors (Lipinski definition) is 3. The highest BCUT2D eigenvalue weighted by Crippen LogP contribution is 2.00. The van der Waals surface area contributed by atoms with Gasteiger partial charge in [-0.2, -0.15) is 0 Å². The average Bonchev–Trinajstić information content (AvgIpc) is 2.87. The Kier molecular flexibility index (Phi) is 49.5. The second-order valence-corrected chi connectivity index (χ2v) is 6.74. The van der Waals surface area contributed by atoms with E-state index < -0.39 is 0 Å². The third-order valence-corrected chi connectivity index (χ3v) is 3.23. The Balaban J connectivity index is -0.000000110. The zero-order valence-corrected chi connectivity index (χ0v) is 24.7. The van der Waals surface area contributed by atoms with Crippen molar-refractivity contribution in [3.63, 3.8) is 0 Å². The van der Waals surface area contributed by atoms with Gasteiger partial charge in [0.1, 0.15) is 11.5 Å². The van der Waals surface area contributed by atoms with Gasteiger partial charge in [0.15, 0.2) is 0 Å². The molecule has 0 amide bonds. The number of allylic oxidation sites excluding steroid dienone is 8. The molecule has 0 bridgehead atoms. The fourth-order valence-corrected chi connectivity index (χ4v) is 1.58. The summed E-state index contributed by atoms with van der Waals surface area (Å²) in [5.41, 5.74) is 2.46. The Morgan fingerprint density at radius 1 is 0.778 bits per heavy atom. The minimum Gasteiger partial charge on any atom is -0.505 e. The first-order chi connectivity index (χ1) is 17.1. The zero-order chi connectivity index (χ0) is 29.0. The number of rotatable bonds is 8. The molecule has 1 aromatic rings. The smallest absolute Gasteiger partial charge is 0.111 e. The molecule has 0 unspecified atom stereocenters. The van der Waals surface area contributed by atoms with Crippen LogP contribution in [0.1, 0.15) is 53.5 Å². The highest BCUT2D eigenvalue weighted by Gasteiger charge is 1.84. The second kappa shape index (κ2) is 41.8. The monoisotopic (exact) mass is 498 g/mol. The summed E-state index contributed by atoms with van der Waals surface area (Å²) in [7, 11) is 4.82. The fraction of sp³-hybridized carbons (Fsp3) is 0.333. The van der Waals surface area contributed by atoms with Gasteiger partial charge in [0, 0.05) is 0 Å². The maximum absolute atomic E-state index is 4.71. The van der Waals surface area contributed by atoms with E-state index in [1.54, 1.807) is 51.9 Å². The van der Waals surface area contributed by atoms with Crippen molar-refractivity contribution in [1.82, 2.24) is 0 Å². The van der Waals surface area contributed by atoms with Gasteiger partial charge in [0.2, 0.25) is 0 Å². The summed E-state index contributed by atoms with van der Waals surface area (Å²) in [5.74, 6) is 1.39. The molecule has 0 spiro atoms. The van der Waals surface area contributed by atoms with E-state index in [2.05, 4.69) is 74.9 Å². The topological polar surface area (TPSA) is 27.7 Å². The Labute approximate surface area is 224 Å². The Morgan fingerprint density at radius 3 is 1.33 bits per heavy atom. The molecular formula is C33H54O3. The van der Waals surface area contributed by atoms with E-state index in [0.717, 1.165) is 5.57 Å². The lowest BCUT2D eigenvalue weighted by molar-refractivity contribution is 0.308. The number of aryl methyl sites for hydroxylation is 1. The van der Waals surface area contributed by atoms with E-state index in [1.807, 2.05) is 52.8 Å². The largest absolute Gasteiger partial charge is 0.505 e. The zero-order valence-electron chi connectivity index (χ0n) is 24.7. The van der Waals surface area contributed by atoms with Gasteiger partial charge in [-0.25, -0.2) is 0 Å². The fourth-order valence-electron chi connectivity index (χ4n) is 1.58. The van der Waals surface area contributed by atoms with Gasteiger partial charge in [-0.1, -0.05) is 106 Å². The van der Waals surface area contributed by atoms with Crippen molar-refractivity contribution >= 4 is 0 Å². The number of ether oxygens (including phenoxy) is 3. The third-order valence-electron chi connectivity index (χ3n) is 3.23. The number of benzene rings is 1. The molecule has 0 aliphatic heterocycles. The first-order valence-electron chi connectivity index (χ1n) is 11.9. The molecule has 0 aliphatic rings. The van der Waals surface area contributed by atoms with Crippen LogP contribution in [-0.4, -0.2) is 21.3 Å². The maximum Gasteiger partial charge on any atom is 0.111 e. The number of hydrogen-bond donors (Lipinski definition) is 0. The Hall–Kier alpha value is -3.46. The lowest BCUT2D eigenvalue weighted by atomic mass is 10.1. The molecule has 0 heterocycles. The van der Waals surface area contributed by atoms with Crippen LogP contribution in [0, 0.1) is 0 Å². The van der Waals surface area contributed by atoms with Gasteiger partial charge in [-0.15, -0.1) is 6.58 Å². The minimum absolute atomic E-state index is 0.697. The van der Waals surface area contributed by atoms with Crippen LogP contribution in [0.2, 0.25) is 0 Å². The van der Waals surface area contributed by atoms with Crippen LogP contribution in [0.3, 0.4) is 0 Å². The van der Waals surface area contributed by atoms with Gasteiger partial charge < -0.3 is 14.2 Å². The van der Waals surface area contributed by atoms with Crippen LogP contribution in [0.25, 0.3) is 0 Å². The summed E-state index contributed by atoms with van der Waals surface area (Å²) in [6.07, 6.45) is 16.8. The van der Waals surface area contributed by atoms with Crippen LogP contribution in [0.5, 0.6) is 0 Å². The van der Waals surface area contributed by atoms with Crippen molar-refractivity contribution in [2.75, 3.05) is 21.3 Å². The Morgan fingerprint density at radius 2 is 1.17 bits per heavy atom. The van der Waals surface area contributed by atoms with E-state index in [0.29, 0.717) is 11.5 Å². The van der Waals surface area contributed by atoms with Crippen molar-refractivity contribution in [3.05, 3.63) is 135 Å². The lowest BCUT2D eigenvalue weighted by Gasteiger charge is -1.93. The summed E-state index contributed by atoms with van der Waals surface area (Å²) < 4.78 is 13.9. The Bertz CT molecular complexity index is 684. The molecule has 0 atom stereocenters. The van der Waals surface area contributed by atoms with E-state index in [4.69, 9.17) is 9.47 Å². The summed E-state index contributed by atoms with van der Waals surface area (Å²) in [5, 5.41) is 0. The summed E-state index contributed by atoms with van der Waals surface area (Å²) in [6.45, 7) is 29.2. The second-order valence-electron chi connectivity index (χ2n) is 6.74. The van der Waals surface area contributed by atoms with Crippen LogP contribution >= 0.6 is 0 Å². The van der Waals surface area contributed by atoms with Crippen molar-refractivity contribution in [1.29, 1.82) is 0 Å². The molecule has 0 aliphatic carbocycles. The van der Waals surface area contributed by atoms with Crippen LogP contribution in [0.15, 0.2) is 129 Å². The van der Waals surface area contributed by atoms with Gasteiger partial charge in [-0.3, -0.25) is 0 Å². The molecule has 204 valence electrons. The predicted molar refractivity (Wildman–Crippen MR) is 165 cm³/mol. The maximum atomic E-state index is 4.71. The predicted octanol–water partition coefficient (Wildman–Crippen LogP) is 10.2. The molecular weight excluding hydrogens is 444 g/mol. The molecule has 0 fully saturated rings. The molecule has 3 heteroatoms. The molecule has 0 saturated heterocycles. The summed E-state index contributed by atoms with van der Waals surface area (Å²) in [6, 6.07) is 10.6. The highest BCUT2D eigenvalue weighted by molar-refractivity contribution is 5.14. The molecule has 3 nitrogen and oxygen atoms in total. The van der Waals surface area contributed by atoms with Crippen molar-refractivity contribution < 1.29 is 14.2 Å². The third kappa shape index (κ3) is 57.4. The first kappa shape index (κ1) is 42.7. The summed E-state index contributed by atoms with van der Waals surface area (Å²) >= 11 is 0. The molecule has 1 rings (SSSR count). The molecule has 36 heavy (non-hydrogen) atoms. The molecule has 0 radical (unpaired) electrons. The number of methoxy groups -OCH3 is 3. The standard InChI is InChI=1S/C9H12.2C6H10O.C5H8.C4H8O.C3H6/c1-2-6-9-7-4-3-5-8-9;2*1-4-5-6(2)7-3;1-4-5(2)3;1-3-4-5-2;1-3-2/h3-5,7-8H,2,6H2,1H3;2*4-5H,2H2,1,3H3;4H,1-2H2,3H3;3-4H,1-2H3;3H,1H2,2H3/b;2*5-4-;;4-3-;. The quantitative estimate of drug-likeness (QED) is 0.203. The van der Waals surface area contributed by atoms with E-state index in [1.165, 1.54) is 18.4 Å². The van der Waals surface area contributed by atoms with E-state index in [-0.39, 0.29) is 0 Å². The minimum atomic E-state index is 0.697. The van der Waals surface area contributed by atoms with Gasteiger partial charge in [0.05, 0.1) is 27.6 Å². The van der Waals surface area contributed by atoms with E-state index in [9.17, 15) is 0 Å².